The number of nitrogens with two attached hydrogens (primary N) is 2. The van der Waals surface area contributed by atoms with E-state index in [4.69, 9.17) is 11.5 Å². The third kappa shape index (κ3) is 2.84. The minimum Gasteiger partial charge on any atom is -0.397 e. The average molecular weight is 284 g/mol. The second kappa shape index (κ2) is 5.03. The van der Waals surface area contributed by atoms with Crippen LogP contribution in [0.5, 0.6) is 0 Å². The summed E-state index contributed by atoms with van der Waals surface area (Å²) < 4.78 is 51.7. The fourth-order valence-electron chi connectivity index (χ4n) is 1.96. The lowest BCUT2D eigenvalue weighted by molar-refractivity contribution is -0.138. The maximum absolute atomic E-state index is 13.0. The largest absolute Gasteiger partial charge is 0.416 e. The lowest BCUT2D eigenvalue weighted by Crippen LogP contribution is -2.11. The fraction of sp³-hybridized carbons (Fsp3) is 0.143. The van der Waals surface area contributed by atoms with E-state index in [1.54, 1.807) is 18.2 Å². The molecule has 0 aliphatic rings. The van der Waals surface area contributed by atoms with Crippen molar-refractivity contribution in [3.8, 4) is 0 Å². The van der Waals surface area contributed by atoms with Crippen LogP contribution in [0.25, 0.3) is 0 Å². The van der Waals surface area contributed by atoms with Crippen LogP contribution in [0, 0.1) is 5.82 Å². The highest BCUT2D eigenvalue weighted by atomic mass is 19.4. The summed E-state index contributed by atoms with van der Waals surface area (Å²) >= 11 is 0. The second-order valence-corrected chi connectivity index (χ2v) is 4.40. The highest BCUT2D eigenvalue weighted by molar-refractivity contribution is 5.68. The molecular weight excluding hydrogens is 272 g/mol. The number of halogens is 4. The molecule has 0 fully saturated rings. The quantitative estimate of drug-likeness (QED) is 0.654. The summed E-state index contributed by atoms with van der Waals surface area (Å²) in [6.45, 7) is 0. The van der Waals surface area contributed by atoms with Crippen molar-refractivity contribution in [3.05, 3.63) is 58.9 Å². The number of benzene rings is 2. The summed E-state index contributed by atoms with van der Waals surface area (Å²) in [6.07, 6.45) is -4.68. The van der Waals surface area contributed by atoms with Gasteiger partial charge in [-0.3, -0.25) is 0 Å². The first-order valence-corrected chi connectivity index (χ1v) is 5.77. The zero-order chi connectivity index (χ0) is 14.9. The van der Waals surface area contributed by atoms with E-state index in [2.05, 4.69) is 0 Å². The summed E-state index contributed by atoms with van der Waals surface area (Å²) in [5.41, 5.74) is 11.3. The minimum absolute atomic E-state index is 0.0452. The van der Waals surface area contributed by atoms with Gasteiger partial charge in [0.25, 0.3) is 0 Å². The van der Waals surface area contributed by atoms with Gasteiger partial charge in [-0.2, -0.15) is 13.2 Å². The summed E-state index contributed by atoms with van der Waals surface area (Å²) in [5, 5.41) is 0. The Kier molecular flexibility index (Phi) is 3.57. The van der Waals surface area contributed by atoms with E-state index in [0.717, 1.165) is 12.1 Å². The van der Waals surface area contributed by atoms with E-state index >= 15 is 0 Å². The number of anilines is 2. The number of hydrogen-bond donors (Lipinski definition) is 2. The molecule has 0 spiro atoms. The fourth-order valence-corrected chi connectivity index (χ4v) is 1.96. The Morgan fingerprint density at radius 2 is 1.65 bits per heavy atom. The molecule has 0 aromatic heterocycles. The molecule has 20 heavy (non-hydrogen) atoms. The van der Waals surface area contributed by atoms with E-state index in [1.807, 2.05) is 0 Å². The molecule has 0 bridgehead atoms. The minimum atomic E-state index is -4.62. The van der Waals surface area contributed by atoms with E-state index < -0.39 is 17.6 Å². The zero-order valence-corrected chi connectivity index (χ0v) is 10.3. The van der Waals surface area contributed by atoms with Crippen molar-refractivity contribution >= 4 is 11.4 Å². The van der Waals surface area contributed by atoms with Crippen molar-refractivity contribution in [3.63, 3.8) is 0 Å². The maximum atomic E-state index is 13.0. The van der Waals surface area contributed by atoms with Gasteiger partial charge in [0.1, 0.15) is 5.82 Å². The van der Waals surface area contributed by atoms with Gasteiger partial charge in [0.2, 0.25) is 0 Å². The van der Waals surface area contributed by atoms with Gasteiger partial charge >= 0.3 is 6.18 Å². The predicted molar refractivity (Wildman–Crippen MR) is 69.5 cm³/mol. The van der Waals surface area contributed by atoms with Crippen molar-refractivity contribution in [1.29, 1.82) is 0 Å². The third-order valence-electron chi connectivity index (χ3n) is 2.99. The smallest absolute Gasteiger partial charge is 0.397 e. The van der Waals surface area contributed by atoms with Crippen LogP contribution < -0.4 is 11.5 Å². The van der Waals surface area contributed by atoms with Crippen LogP contribution in [0.4, 0.5) is 28.9 Å². The summed E-state index contributed by atoms with van der Waals surface area (Å²) in [4.78, 5) is 0. The van der Waals surface area contributed by atoms with E-state index in [1.165, 1.54) is 0 Å². The highest BCUT2D eigenvalue weighted by Gasteiger charge is 2.33. The number of rotatable bonds is 2. The Balaban J connectivity index is 2.46. The molecule has 0 radical (unpaired) electrons. The van der Waals surface area contributed by atoms with Gasteiger partial charge in [0.15, 0.2) is 0 Å². The average Bonchev–Trinajstić information content (AvgIpc) is 2.36. The van der Waals surface area contributed by atoms with E-state index in [9.17, 15) is 17.6 Å². The summed E-state index contributed by atoms with van der Waals surface area (Å²) in [6, 6.07) is 7.35. The molecule has 2 aromatic rings. The van der Waals surface area contributed by atoms with E-state index in [0.29, 0.717) is 17.3 Å². The molecule has 2 rings (SSSR count). The van der Waals surface area contributed by atoms with E-state index in [-0.39, 0.29) is 17.7 Å². The van der Waals surface area contributed by atoms with Crippen LogP contribution >= 0.6 is 0 Å². The van der Waals surface area contributed by atoms with Gasteiger partial charge in [-0.1, -0.05) is 18.2 Å². The Bertz CT molecular complexity index is 636. The van der Waals surface area contributed by atoms with Crippen LogP contribution in [-0.4, -0.2) is 0 Å². The van der Waals surface area contributed by atoms with Crippen LogP contribution in [0.2, 0.25) is 0 Å². The summed E-state index contributed by atoms with van der Waals surface area (Å²) in [7, 11) is 0. The van der Waals surface area contributed by atoms with Crippen molar-refractivity contribution in [2.75, 3.05) is 11.5 Å². The maximum Gasteiger partial charge on any atom is 0.416 e. The molecule has 2 nitrogen and oxygen atoms in total. The first-order chi connectivity index (χ1) is 9.29. The Labute approximate surface area is 113 Å². The molecule has 0 aliphatic heterocycles. The summed E-state index contributed by atoms with van der Waals surface area (Å²) in [5.74, 6) is -0.929. The number of para-hydroxylation sites is 1. The van der Waals surface area contributed by atoms with Gasteiger partial charge in [0.05, 0.1) is 16.9 Å². The molecule has 6 heteroatoms. The Morgan fingerprint density at radius 1 is 0.950 bits per heavy atom. The van der Waals surface area contributed by atoms with Gasteiger partial charge in [-0.05, 0) is 29.3 Å². The number of hydrogen-bond acceptors (Lipinski definition) is 2. The Morgan fingerprint density at radius 3 is 2.30 bits per heavy atom. The van der Waals surface area contributed by atoms with Gasteiger partial charge in [-0.25, -0.2) is 4.39 Å². The molecule has 0 saturated carbocycles. The molecule has 0 unspecified atom stereocenters. The predicted octanol–water partition coefficient (Wildman–Crippen LogP) is 3.60. The molecular formula is C14H12F4N2. The van der Waals surface area contributed by atoms with Crippen LogP contribution in [0.3, 0.4) is 0 Å². The van der Waals surface area contributed by atoms with Crippen molar-refractivity contribution in [2.24, 2.45) is 0 Å². The standard InChI is InChI=1S/C14H12F4N2/c15-10-5-4-8(11(7-10)14(16,17)18)6-9-2-1-3-12(19)13(9)20/h1-5,7H,6,19-20H2. The molecule has 0 atom stereocenters. The monoisotopic (exact) mass is 284 g/mol. The molecule has 0 aliphatic carbocycles. The molecule has 106 valence electrons. The highest BCUT2D eigenvalue weighted by Crippen LogP contribution is 2.34. The first kappa shape index (κ1) is 14.2. The normalized spacial score (nSPS) is 11.6. The lowest BCUT2D eigenvalue weighted by Gasteiger charge is -2.14. The Hall–Kier alpha value is -2.24. The molecule has 0 saturated heterocycles. The topological polar surface area (TPSA) is 52.0 Å². The van der Waals surface area contributed by atoms with Crippen molar-refractivity contribution in [2.45, 2.75) is 12.6 Å². The lowest BCUT2D eigenvalue weighted by atomic mass is 9.98. The number of nitrogen functional groups attached to an aromatic ring is 2. The molecule has 4 N–H and O–H groups in total. The van der Waals surface area contributed by atoms with Crippen molar-refractivity contribution in [1.82, 2.24) is 0 Å². The first-order valence-electron chi connectivity index (χ1n) is 5.77. The SMILES string of the molecule is Nc1cccc(Cc2ccc(F)cc2C(F)(F)F)c1N. The van der Waals surface area contributed by atoms with Crippen LogP contribution in [0.1, 0.15) is 16.7 Å². The van der Waals surface area contributed by atoms with Crippen molar-refractivity contribution < 1.29 is 17.6 Å². The molecule has 2 aromatic carbocycles. The van der Waals surface area contributed by atoms with Gasteiger partial charge in [-0.15, -0.1) is 0 Å². The van der Waals surface area contributed by atoms with Crippen LogP contribution in [-0.2, 0) is 12.6 Å². The molecule has 0 amide bonds. The van der Waals surface area contributed by atoms with Gasteiger partial charge in [0, 0.05) is 6.42 Å². The third-order valence-corrected chi connectivity index (χ3v) is 2.99. The van der Waals surface area contributed by atoms with Gasteiger partial charge < -0.3 is 11.5 Å². The number of alkyl halides is 3. The zero-order valence-electron chi connectivity index (χ0n) is 10.3. The molecule has 0 heterocycles. The second-order valence-electron chi connectivity index (χ2n) is 4.40. The van der Waals surface area contributed by atoms with Crippen LogP contribution in [0.15, 0.2) is 36.4 Å².